The summed E-state index contributed by atoms with van der Waals surface area (Å²) in [5.41, 5.74) is 0.284. The Labute approximate surface area is 112 Å². The van der Waals surface area contributed by atoms with Crippen LogP contribution in [0.15, 0.2) is 29.2 Å². The van der Waals surface area contributed by atoms with Crippen LogP contribution in [-0.2, 0) is 14.8 Å². The number of ether oxygens (including phenoxy) is 1. The summed E-state index contributed by atoms with van der Waals surface area (Å²) in [7, 11) is -2.38. The lowest BCUT2D eigenvalue weighted by atomic mass is 10.2. The first-order valence-electron chi connectivity index (χ1n) is 5.76. The third-order valence-electron chi connectivity index (χ3n) is 2.62. The Bertz CT molecular complexity index is 524. The zero-order valence-corrected chi connectivity index (χ0v) is 11.7. The predicted octanol–water partition coefficient (Wildman–Crippen LogP) is 0.476. The topological polar surface area (TPSA) is 83.9 Å². The lowest BCUT2D eigenvalue weighted by Gasteiger charge is -2.19. The highest BCUT2D eigenvalue weighted by Crippen LogP contribution is 2.16. The Balaban J connectivity index is 3.05. The third-order valence-corrected chi connectivity index (χ3v) is 4.60. The second-order valence-electron chi connectivity index (χ2n) is 3.74. The van der Waals surface area contributed by atoms with Gasteiger partial charge >= 0.3 is 5.97 Å². The fourth-order valence-corrected chi connectivity index (χ4v) is 3.03. The average molecular weight is 287 g/mol. The van der Waals surface area contributed by atoms with Crippen LogP contribution in [0.5, 0.6) is 0 Å². The van der Waals surface area contributed by atoms with E-state index in [4.69, 9.17) is 5.11 Å². The number of carbonyl (C=O) groups is 1. The van der Waals surface area contributed by atoms with Crippen molar-refractivity contribution in [2.75, 3.05) is 26.8 Å². The molecule has 6 nitrogen and oxygen atoms in total. The van der Waals surface area contributed by atoms with Gasteiger partial charge in [0.15, 0.2) is 0 Å². The summed E-state index contributed by atoms with van der Waals surface area (Å²) < 4.78 is 30.1. The number of benzene rings is 1. The van der Waals surface area contributed by atoms with Crippen LogP contribution in [0.1, 0.15) is 17.3 Å². The molecule has 0 fully saturated rings. The van der Waals surface area contributed by atoms with Crippen molar-refractivity contribution in [3.8, 4) is 0 Å². The lowest BCUT2D eigenvalue weighted by molar-refractivity contribution is 0.0600. The lowest BCUT2D eigenvalue weighted by Crippen LogP contribution is -2.33. The Kier molecular flexibility index (Phi) is 5.46. The molecule has 0 aliphatic rings. The molecule has 0 saturated carbocycles. The van der Waals surface area contributed by atoms with Gasteiger partial charge in [-0.2, -0.15) is 4.31 Å². The molecule has 0 bridgehead atoms. The quantitative estimate of drug-likeness (QED) is 0.769. The second-order valence-corrected chi connectivity index (χ2v) is 5.67. The molecule has 0 atom stereocenters. The molecule has 0 spiro atoms. The molecule has 19 heavy (non-hydrogen) atoms. The fraction of sp³-hybridized carbons (Fsp3) is 0.417. The van der Waals surface area contributed by atoms with Gasteiger partial charge in [-0.15, -0.1) is 0 Å². The van der Waals surface area contributed by atoms with E-state index in [0.717, 1.165) is 0 Å². The number of methoxy groups -OCH3 is 1. The molecular weight excluding hydrogens is 270 g/mol. The smallest absolute Gasteiger partial charge is 0.337 e. The molecule has 0 aliphatic heterocycles. The molecule has 0 aliphatic carbocycles. The third kappa shape index (κ3) is 3.52. The molecule has 0 radical (unpaired) electrons. The minimum atomic E-state index is -3.64. The van der Waals surface area contributed by atoms with Crippen LogP contribution in [0.2, 0.25) is 0 Å². The number of hydrogen-bond acceptors (Lipinski definition) is 5. The van der Waals surface area contributed by atoms with Crippen molar-refractivity contribution in [3.63, 3.8) is 0 Å². The van der Waals surface area contributed by atoms with Crippen LogP contribution in [0, 0.1) is 0 Å². The number of nitrogens with zero attached hydrogens (tertiary/aromatic N) is 1. The summed E-state index contributed by atoms with van der Waals surface area (Å²) in [6.07, 6.45) is 0. The monoisotopic (exact) mass is 287 g/mol. The summed E-state index contributed by atoms with van der Waals surface area (Å²) in [6.45, 7) is 1.75. The van der Waals surface area contributed by atoms with Gasteiger partial charge in [-0.05, 0) is 24.3 Å². The number of aliphatic hydroxyl groups excluding tert-OH is 1. The Hall–Kier alpha value is -1.44. The number of aliphatic hydroxyl groups is 1. The SMILES string of the molecule is CCN(CCO)S(=O)(=O)c1ccc(C(=O)OC)cc1. The maximum Gasteiger partial charge on any atom is 0.337 e. The van der Waals surface area contributed by atoms with Gasteiger partial charge in [0.2, 0.25) is 10.0 Å². The number of rotatable bonds is 6. The summed E-state index contributed by atoms with van der Waals surface area (Å²) in [5.74, 6) is -0.522. The van der Waals surface area contributed by atoms with Gasteiger partial charge < -0.3 is 9.84 Å². The van der Waals surface area contributed by atoms with Crippen LogP contribution in [0.4, 0.5) is 0 Å². The van der Waals surface area contributed by atoms with Crippen molar-refractivity contribution in [3.05, 3.63) is 29.8 Å². The molecule has 0 saturated heterocycles. The van der Waals surface area contributed by atoms with Crippen molar-refractivity contribution in [1.82, 2.24) is 4.31 Å². The van der Waals surface area contributed by atoms with E-state index in [-0.39, 0.29) is 30.2 Å². The molecule has 0 amide bonds. The number of hydrogen-bond donors (Lipinski definition) is 1. The van der Waals surface area contributed by atoms with Gasteiger partial charge in [0.05, 0.1) is 24.2 Å². The predicted molar refractivity (Wildman–Crippen MR) is 69.3 cm³/mol. The standard InChI is InChI=1S/C12H17NO5S/c1-3-13(8-9-14)19(16,17)11-6-4-10(5-7-11)12(15)18-2/h4-7,14H,3,8-9H2,1-2H3. The molecule has 106 valence electrons. The fourth-order valence-electron chi connectivity index (χ4n) is 1.59. The van der Waals surface area contributed by atoms with Gasteiger partial charge in [-0.3, -0.25) is 0 Å². The van der Waals surface area contributed by atoms with E-state index in [2.05, 4.69) is 4.74 Å². The number of likely N-dealkylation sites (N-methyl/N-ethyl adjacent to an activating group) is 1. The van der Waals surface area contributed by atoms with Crippen molar-refractivity contribution < 1.29 is 23.1 Å². The largest absolute Gasteiger partial charge is 0.465 e. The van der Waals surface area contributed by atoms with Gasteiger partial charge in [0.25, 0.3) is 0 Å². The van der Waals surface area contributed by atoms with Crippen molar-refractivity contribution in [1.29, 1.82) is 0 Å². The van der Waals surface area contributed by atoms with Crippen molar-refractivity contribution >= 4 is 16.0 Å². The summed E-state index contributed by atoms with van der Waals surface area (Å²) in [6, 6.07) is 5.49. The second kappa shape index (κ2) is 6.65. The zero-order chi connectivity index (χ0) is 14.5. The molecule has 0 heterocycles. The van der Waals surface area contributed by atoms with E-state index in [1.807, 2.05) is 0 Å². The van der Waals surface area contributed by atoms with Gasteiger partial charge in [0, 0.05) is 13.1 Å². The van der Waals surface area contributed by atoms with E-state index in [0.29, 0.717) is 0 Å². The van der Waals surface area contributed by atoms with E-state index in [9.17, 15) is 13.2 Å². The van der Waals surface area contributed by atoms with Crippen LogP contribution in [0.25, 0.3) is 0 Å². The number of sulfonamides is 1. The first-order valence-corrected chi connectivity index (χ1v) is 7.20. The average Bonchev–Trinajstić information content (AvgIpc) is 2.43. The van der Waals surface area contributed by atoms with E-state index in [1.54, 1.807) is 6.92 Å². The molecule has 1 aromatic rings. The van der Waals surface area contributed by atoms with Crippen LogP contribution in [-0.4, -0.2) is 50.6 Å². The summed E-state index contributed by atoms with van der Waals surface area (Å²) >= 11 is 0. The highest BCUT2D eigenvalue weighted by atomic mass is 32.2. The Morgan fingerprint density at radius 2 is 1.89 bits per heavy atom. The molecule has 1 aromatic carbocycles. The molecular formula is C12H17NO5S. The maximum absolute atomic E-state index is 12.2. The Morgan fingerprint density at radius 1 is 1.32 bits per heavy atom. The number of esters is 1. The van der Waals surface area contributed by atoms with Crippen LogP contribution < -0.4 is 0 Å². The molecule has 0 aromatic heterocycles. The number of carbonyl (C=O) groups excluding carboxylic acids is 1. The molecule has 1 rings (SSSR count). The van der Waals surface area contributed by atoms with Gasteiger partial charge in [-0.25, -0.2) is 13.2 Å². The Morgan fingerprint density at radius 3 is 2.32 bits per heavy atom. The van der Waals surface area contributed by atoms with Crippen molar-refractivity contribution in [2.45, 2.75) is 11.8 Å². The highest BCUT2D eigenvalue weighted by molar-refractivity contribution is 7.89. The molecule has 1 N–H and O–H groups in total. The van der Waals surface area contributed by atoms with E-state index >= 15 is 0 Å². The first kappa shape index (κ1) is 15.6. The molecule has 0 unspecified atom stereocenters. The van der Waals surface area contributed by atoms with E-state index < -0.39 is 16.0 Å². The summed E-state index contributed by atoms with van der Waals surface area (Å²) in [5, 5.41) is 8.86. The molecule has 7 heteroatoms. The summed E-state index contributed by atoms with van der Waals surface area (Å²) in [4.78, 5) is 11.3. The normalized spacial score (nSPS) is 11.6. The van der Waals surface area contributed by atoms with E-state index in [1.165, 1.54) is 35.7 Å². The first-order chi connectivity index (χ1) is 8.97. The van der Waals surface area contributed by atoms with Gasteiger partial charge in [0.1, 0.15) is 0 Å². The van der Waals surface area contributed by atoms with Crippen LogP contribution in [0.3, 0.4) is 0 Å². The minimum Gasteiger partial charge on any atom is -0.465 e. The maximum atomic E-state index is 12.2. The zero-order valence-electron chi connectivity index (χ0n) is 10.9. The highest BCUT2D eigenvalue weighted by Gasteiger charge is 2.22. The van der Waals surface area contributed by atoms with Gasteiger partial charge in [-0.1, -0.05) is 6.92 Å². The minimum absolute atomic E-state index is 0.0393. The van der Waals surface area contributed by atoms with Crippen LogP contribution >= 0.6 is 0 Å². The van der Waals surface area contributed by atoms with Crippen molar-refractivity contribution in [2.24, 2.45) is 0 Å².